The van der Waals surface area contributed by atoms with Gasteiger partial charge in [-0.15, -0.1) is 0 Å². The van der Waals surface area contributed by atoms with Gasteiger partial charge >= 0.3 is 6.18 Å². The first kappa shape index (κ1) is 22.6. The number of hydrogen-bond acceptors (Lipinski definition) is 5. The smallest absolute Gasteiger partial charge is 0.434 e. The van der Waals surface area contributed by atoms with Crippen molar-refractivity contribution >= 4 is 11.8 Å². The van der Waals surface area contributed by atoms with Crippen LogP contribution in [-0.2, 0) is 6.18 Å². The fraction of sp³-hybridized carbons (Fsp3) is 0.0909. The van der Waals surface area contributed by atoms with Crippen molar-refractivity contribution in [2.24, 2.45) is 0 Å². The van der Waals surface area contributed by atoms with Crippen LogP contribution in [0.1, 0.15) is 32.1 Å². The van der Waals surface area contributed by atoms with Crippen molar-refractivity contribution in [2.75, 3.05) is 0 Å². The Bertz CT molecular complexity index is 1360. The highest BCUT2D eigenvalue weighted by Crippen LogP contribution is 2.34. The van der Waals surface area contributed by atoms with E-state index >= 15 is 0 Å². The van der Waals surface area contributed by atoms with E-state index in [9.17, 15) is 27.9 Å². The van der Waals surface area contributed by atoms with Gasteiger partial charge in [0, 0.05) is 0 Å². The maximum Gasteiger partial charge on any atom is 0.434 e. The summed E-state index contributed by atoms with van der Waals surface area (Å²) in [6.07, 6.45) is -2.97. The summed E-state index contributed by atoms with van der Waals surface area (Å²) >= 11 is 0. The fourth-order valence-corrected chi connectivity index (χ4v) is 3.25. The molecule has 12 heteroatoms. The van der Waals surface area contributed by atoms with E-state index < -0.39 is 40.7 Å². The fourth-order valence-electron chi connectivity index (χ4n) is 3.25. The molecule has 174 valence electrons. The molecule has 2 heterocycles. The molecule has 2 aromatic heterocycles. The molecule has 2 aromatic carbocycles. The summed E-state index contributed by atoms with van der Waals surface area (Å²) in [5, 5.41) is 17.7. The number of halogens is 3. The van der Waals surface area contributed by atoms with Gasteiger partial charge in [-0.25, -0.2) is 9.36 Å². The average Bonchev–Trinajstić information content (AvgIpc) is 3.42. The third-order valence-electron chi connectivity index (χ3n) is 4.85. The molecule has 0 saturated carbocycles. The van der Waals surface area contributed by atoms with E-state index in [1.807, 2.05) is 10.9 Å². The molecule has 0 atom stereocenters. The zero-order valence-electron chi connectivity index (χ0n) is 17.5. The molecule has 3 N–H and O–H groups in total. The summed E-state index contributed by atoms with van der Waals surface area (Å²) in [5.41, 5.74) is 2.56. The normalized spacial score (nSPS) is 11.3. The zero-order chi connectivity index (χ0) is 24.5. The molecule has 0 aliphatic carbocycles. The van der Waals surface area contributed by atoms with Crippen molar-refractivity contribution in [1.29, 1.82) is 0 Å². The quantitative estimate of drug-likeness (QED) is 0.397. The third-order valence-corrected chi connectivity index (χ3v) is 4.85. The number of carbonyl (C=O) groups is 2. The molecule has 2 amide bonds. The lowest BCUT2D eigenvalue weighted by molar-refractivity contribution is -0.143. The number of carbonyl (C=O) groups excluding carboxylic acids is 2. The van der Waals surface area contributed by atoms with Crippen molar-refractivity contribution in [1.82, 2.24) is 30.4 Å². The molecule has 4 rings (SSSR count). The number of nitrogens with zero attached hydrogens (tertiary/aromatic N) is 4. The number of hydrogen-bond donors (Lipinski definition) is 3. The number of benzene rings is 2. The number of aryl methyl sites for hydroxylation is 1. The minimum Gasteiger partial charge on any atom is -0.504 e. The standard InChI is InChI=1S/C22H17F3N6O3/c1-13-7-5-6-10-16(13)31-19(22(23,24)25)15(11-26-31)20(33)27-28-21(34)18-17(32)12-30(29-18)14-8-3-2-4-9-14/h2-12,32H,1H3,(H,27,33)(H,28,34). The van der Waals surface area contributed by atoms with Crippen LogP contribution in [0.5, 0.6) is 5.75 Å². The summed E-state index contributed by atoms with van der Waals surface area (Å²) in [6.45, 7) is 1.61. The van der Waals surface area contributed by atoms with Gasteiger partial charge in [-0.1, -0.05) is 36.4 Å². The molecule has 0 aliphatic rings. The van der Waals surface area contributed by atoms with E-state index in [0.29, 0.717) is 15.9 Å². The first-order valence-corrected chi connectivity index (χ1v) is 9.83. The van der Waals surface area contributed by atoms with E-state index in [-0.39, 0.29) is 5.69 Å². The second kappa shape index (κ2) is 8.73. The number of nitrogens with one attached hydrogen (secondary N) is 2. The van der Waals surface area contributed by atoms with Gasteiger partial charge in [-0.05, 0) is 30.7 Å². The molecule has 0 saturated heterocycles. The van der Waals surface area contributed by atoms with Crippen LogP contribution < -0.4 is 10.9 Å². The lowest BCUT2D eigenvalue weighted by atomic mass is 10.2. The van der Waals surface area contributed by atoms with Crippen molar-refractivity contribution in [3.8, 4) is 17.1 Å². The highest BCUT2D eigenvalue weighted by molar-refractivity contribution is 6.00. The van der Waals surface area contributed by atoms with Gasteiger partial charge in [0.25, 0.3) is 11.8 Å². The Morgan fingerprint density at radius 1 is 0.971 bits per heavy atom. The maximum atomic E-state index is 13.8. The average molecular weight is 470 g/mol. The second-order valence-corrected chi connectivity index (χ2v) is 7.15. The highest BCUT2D eigenvalue weighted by atomic mass is 19.4. The van der Waals surface area contributed by atoms with Gasteiger partial charge in [-0.2, -0.15) is 23.4 Å². The zero-order valence-corrected chi connectivity index (χ0v) is 17.5. The highest BCUT2D eigenvalue weighted by Gasteiger charge is 2.41. The van der Waals surface area contributed by atoms with Crippen molar-refractivity contribution < 1.29 is 27.9 Å². The first-order chi connectivity index (χ1) is 16.2. The largest absolute Gasteiger partial charge is 0.504 e. The molecule has 34 heavy (non-hydrogen) atoms. The Morgan fingerprint density at radius 2 is 1.62 bits per heavy atom. The lowest BCUT2D eigenvalue weighted by Crippen LogP contribution is -2.42. The summed E-state index contributed by atoms with van der Waals surface area (Å²) in [6, 6.07) is 14.8. The van der Waals surface area contributed by atoms with Crippen LogP contribution in [0, 0.1) is 6.92 Å². The summed E-state index contributed by atoms with van der Waals surface area (Å²) in [4.78, 5) is 24.9. The molecular weight excluding hydrogens is 453 g/mol. The van der Waals surface area contributed by atoms with Crippen LogP contribution >= 0.6 is 0 Å². The van der Waals surface area contributed by atoms with Crippen LogP contribution in [0.25, 0.3) is 11.4 Å². The maximum absolute atomic E-state index is 13.8. The lowest BCUT2D eigenvalue weighted by Gasteiger charge is -2.14. The van der Waals surface area contributed by atoms with Crippen LogP contribution in [-0.4, -0.2) is 36.5 Å². The van der Waals surface area contributed by atoms with Gasteiger partial charge in [0.05, 0.1) is 29.3 Å². The summed E-state index contributed by atoms with van der Waals surface area (Å²) in [7, 11) is 0. The van der Waals surface area contributed by atoms with E-state index in [4.69, 9.17) is 0 Å². The molecular formula is C22H17F3N6O3. The predicted octanol–water partition coefficient (Wildman–Crippen LogP) is 3.17. The van der Waals surface area contributed by atoms with Gasteiger partial charge in [-0.3, -0.25) is 20.4 Å². The molecule has 0 spiro atoms. The number of aromatic nitrogens is 4. The minimum atomic E-state index is -4.91. The molecule has 0 radical (unpaired) electrons. The molecule has 0 aliphatic heterocycles. The van der Waals surface area contributed by atoms with Gasteiger partial charge in [0.2, 0.25) is 0 Å². The SMILES string of the molecule is Cc1ccccc1-n1ncc(C(=O)NNC(=O)c2nn(-c3ccccc3)cc2O)c1C(F)(F)F. The monoisotopic (exact) mass is 470 g/mol. The third kappa shape index (κ3) is 4.33. The number of amides is 2. The Hall–Kier alpha value is -4.61. The Balaban J connectivity index is 1.56. The number of aromatic hydroxyl groups is 1. The van der Waals surface area contributed by atoms with Crippen LogP contribution in [0.2, 0.25) is 0 Å². The van der Waals surface area contributed by atoms with Crippen molar-refractivity contribution in [2.45, 2.75) is 13.1 Å². The van der Waals surface area contributed by atoms with E-state index in [2.05, 4.69) is 10.2 Å². The second-order valence-electron chi connectivity index (χ2n) is 7.15. The Labute approximate surface area is 190 Å². The minimum absolute atomic E-state index is 0.147. The molecule has 0 unspecified atom stereocenters. The molecule has 4 aromatic rings. The Kier molecular flexibility index (Phi) is 5.80. The van der Waals surface area contributed by atoms with Crippen LogP contribution in [0.4, 0.5) is 13.2 Å². The molecule has 0 bridgehead atoms. The number of hydrazine groups is 1. The first-order valence-electron chi connectivity index (χ1n) is 9.83. The van der Waals surface area contributed by atoms with Crippen LogP contribution in [0.3, 0.4) is 0 Å². The summed E-state index contributed by atoms with van der Waals surface area (Å²) < 4.78 is 43.3. The predicted molar refractivity (Wildman–Crippen MR) is 113 cm³/mol. The number of para-hydroxylation sites is 2. The van der Waals surface area contributed by atoms with Gasteiger partial charge in [0.15, 0.2) is 17.1 Å². The van der Waals surface area contributed by atoms with Crippen LogP contribution in [0.15, 0.2) is 67.0 Å². The molecule has 0 fully saturated rings. The van der Waals surface area contributed by atoms with E-state index in [0.717, 1.165) is 6.20 Å². The van der Waals surface area contributed by atoms with Gasteiger partial charge < -0.3 is 5.11 Å². The Morgan fingerprint density at radius 3 is 2.29 bits per heavy atom. The van der Waals surface area contributed by atoms with E-state index in [1.165, 1.54) is 16.9 Å². The van der Waals surface area contributed by atoms with E-state index in [1.54, 1.807) is 55.5 Å². The van der Waals surface area contributed by atoms with Gasteiger partial charge in [0.1, 0.15) is 0 Å². The number of rotatable bonds is 4. The number of alkyl halides is 3. The van der Waals surface area contributed by atoms with Crippen molar-refractivity contribution in [3.05, 3.63) is 89.5 Å². The summed E-state index contributed by atoms with van der Waals surface area (Å²) in [5.74, 6) is -2.76. The molecule has 9 nitrogen and oxygen atoms in total. The van der Waals surface area contributed by atoms with Crippen molar-refractivity contribution in [3.63, 3.8) is 0 Å². The topological polar surface area (TPSA) is 114 Å².